The minimum atomic E-state index is -5.08. The van der Waals surface area contributed by atoms with Crippen LogP contribution in [0.1, 0.15) is 13.8 Å². The Kier molecular flexibility index (Phi) is 7.47. The predicted octanol–water partition coefficient (Wildman–Crippen LogP) is 6.41. The molecule has 0 saturated heterocycles. The first-order valence-electron chi connectivity index (χ1n) is 11.4. The van der Waals surface area contributed by atoms with E-state index in [1.807, 2.05) is 49.0 Å². The molecule has 0 fully saturated rings. The largest absolute Gasteiger partial charge is 0.491 e. The molecule has 196 valence electrons. The third-order valence-corrected chi connectivity index (χ3v) is 5.28. The minimum Gasteiger partial charge on any atom is -0.491 e. The number of fused-ring (bicyclic) bond motifs is 1. The number of ether oxygens (including phenoxy) is 1. The summed E-state index contributed by atoms with van der Waals surface area (Å²) in [5, 5.41) is 11.5. The van der Waals surface area contributed by atoms with Gasteiger partial charge in [0.05, 0.1) is 29.9 Å². The SMILES string of the molecule is CC(C)Oc1ccc(-c2ccn3c(-c4cnn(-c5ccc(F)cc5)c4)cnc3c2)cc1.O=C(O)C(F)(F)F. The molecule has 0 aliphatic carbocycles. The van der Waals surface area contributed by atoms with Gasteiger partial charge in [0.15, 0.2) is 0 Å². The molecule has 11 heteroatoms. The number of alkyl halides is 3. The van der Waals surface area contributed by atoms with E-state index >= 15 is 0 Å². The Morgan fingerprint density at radius 1 is 0.947 bits per heavy atom. The maximum Gasteiger partial charge on any atom is 0.490 e. The quantitative estimate of drug-likeness (QED) is 0.268. The van der Waals surface area contributed by atoms with Crippen LogP contribution in [0.3, 0.4) is 0 Å². The highest BCUT2D eigenvalue weighted by atomic mass is 19.4. The number of halogens is 4. The van der Waals surface area contributed by atoms with Crippen molar-refractivity contribution in [3.63, 3.8) is 0 Å². The van der Waals surface area contributed by atoms with Crippen LogP contribution in [-0.2, 0) is 4.79 Å². The summed E-state index contributed by atoms with van der Waals surface area (Å²) in [6, 6.07) is 18.5. The van der Waals surface area contributed by atoms with Crippen LogP contribution in [0.4, 0.5) is 17.6 Å². The van der Waals surface area contributed by atoms with E-state index in [0.29, 0.717) is 0 Å². The number of rotatable bonds is 5. The average molecular weight is 526 g/mol. The first kappa shape index (κ1) is 26.4. The number of imidazole rings is 1. The lowest BCUT2D eigenvalue weighted by Crippen LogP contribution is -2.21. The molecule has 1 N–H and O–H groups in total. The molecule has 0 bridgehead atoms. The maximum atomic E-state index is 13.2. The summed E-state index contributed by atoms with van der Waals surface area (Å²) in [5.41, 5.74) is 5.71. The highest BCUT2D eigenvalue weighted by Crippen LogP contribution is 2.27. The Balaban J connectivity index is 0.000000426. The summed E-state index contributed by atoms with van der Waals surface area (Å²) in [5.74, 6) is -2.16. The van der Waals surface area contributed by atoms with E-state index in [2.05, 4.69) is 34.3 Å². The zero-order chi connectivity index (χ0) is 27.4. The average Bonchev–Trinajstić information content (AvgIpc) is 3.51. The van der Waals surface area contributed by atoms with Gasteiger partial charge in [0, 0.05) is 18.0 Å². The lowest BCUT2D eigenvalue weighted by Gasteiger charge is -2.10. The van der Waals surface area contributed by atoms with Crippen LogP contribution in [0.25, 0.3) is 33.7 Å². The Labute approximate surface area is 214 Å². The number of carbonyl (C=O) groups is 1. The van der Waals surface area contributed by atoms with Crippen molar-refractivity contribution in [1.82, 2.24) is 19.2 Å². The summed E-state index contributed by atoms with van der Waals surface area (Å²) in [4.78, 5) is 13.5. The zero-order valence-corrected chi connectivity index (χ0v) is 20.2. The lowest BCUT2D eigenvalue weighted by molar-refractivity contribution is -0.192. The second kappa shape index (κ2) is 10.8. The third-order valence-electron chi connectivity index (χ3n) is 5.28. The normalized spacial score (nSPS) is 11.3. The number of hydrogen-bond acceptors (Lipinski definition) is 4. The van der Waals surface area contributed by atoms with Gasteiger partial charge >= 0.3 is 12.1 Å². The maximum absolute atomic E-state index is 13.2. The van der Waals surface area contributed by atoms with Crippen LogP contribution in [0, 0.1) is 5.82 Å². The number of pyridine rings is 1. The smallest absolute Gasteiger partial charge is 0.490 e. The summed E-state index contributed by atoms with van der Waals surface area (Å²) in [6.45, 7) is 4.03. The van der Waals surface area contributed by atoms with Crippen molar-refractivity contribution in [1.29, 1.82) is 0 Å². The monoisotopic (exact) mass is 526 g/mol. The Hall–Kier alpha value is -4.67. The number of aliphatic carboxylic acids is 1. The molecule has 7 nitrogen and oxygen atoms in total. The van der Waals surface area contributed by atoms with Crippen molar-refractivity contribution < 1.29 is 32.2 Å². The molecule has 0 aliphatic heterocycles. The summed E-state index contributed by atoms with van der Waals surface area (Å²) < 4.78 is 54.4. The molecule has 0 aliphatic rings. The number of hydrogen-bond donors (Lipinski definition) is 1. The van der Waals surface area contributed by atoms with Crippen LogP contribution >= 0.6 is 0 Å². The van der Waals surface area contributed by atoms with Crippen LogP contribution in [0.15, 0.2) is 85.5 Å². The van der Waals surface area contributed by atoms with Gasteiger partial charge in [0.2, 0.25) is 0 Å². The third kappa shape index (κ3) is 6.17. The van der Waals surface area contributed by atoms with E-state index in [9.17, 15) is 17.6 Å². The first-order chi connectivity index (χ1) is 18.0. The molecule has 5 aromatic rings. The van der Waals surface area contributed by atoms with Gasteiger partial charge in [0.25, 0.3) is 0 Å². The van der Waals surface area contributed by atoms with Crippen molar-refractivity contribution in [3.8, 4) is 33.8 Å². The van der Waals surface area contributed by atoms with Gasteiger partial charge < -0.3 is 9.84 Å². The van der Waals surface area contributed by atoms with E-state index in [4.69, 9.17) is 14.6 Å². The number of carboxylic acids is 1. The van der Waals surface area contributed by atoms with Crippen molar-refractivity contribution in [2.24, 2.45) is 0 Å². The topological polar surface area (TPSA) is 81.7 Å². The van der Waals surface area contributed by atoms with E-state index < -0.39 is 12.1 Å². The summed E-state index contributed by atoms with van der Waals surface area (Å²) in [6.07, 6.45) is 2.62. The molecule has 5 rings (SSSR count). The molecule has 2 aromatic carbocycles. The van der Waals surface area contributed by atoms with Crippen molar-refractivity contribution in [3.05, 3.63) is 91.3 Å². The fourth-order valence-electron chi connectivity index (χ4n) is 3.56. The van der Waals surface area contributed by atoms with Gasteiger partial charge in [-0.2, -0.15) is 18.3 Å². The van der Waals surface area contributed by atoms with E-state index in [0.717, 1.165) is 39.5 Å². The molecular weight excluding hydrogens is 504 g/mol. The van der Waals surface area contributed by atoms with Gasteiger partial charge in [-0.3, -0.25) is 4.40 Å². The van der Waals surface area contributed by atoms with E-state index in [-0.39, 0.29) is 11.9 Å². The fraction of sp³-hybridized carbons (Fsp3) is 0.148. The summed E-state index contributed by atoms with van der Waals surface area (Å²) >= 11 is 0. The molecule has 0 radical (unpaired) electrons. The summed E-state index contributed by atoms with van der Waals surface area (Å²) in [7, 11) is 0. The predicted molar refractivity (Wildman–Crippen MR) is 133 cm³/mol. The van der Waals surface area contributed by atoms with Gasteiger partial charge in [-0.15, -0.1) is 0 Å². The molecule has 0 atom stereocenters. The highest BCUT2D eigenvalue weighted by molar-refractivity contribution is 5.73. The molecule has 38 heavy (non-hydrogen) atoms. The Morgan fingerprint density at radius 2 is 1.61 bits per heavy atom. The fourth-order valence-corrected chi connectivity index (χ4v) is 3.56. The van der Waals surface area contributed by atoms with Gasteiger partial charge in [-0.25, -0.2) is 18.9 Å². The minimum absolute atomic E-state index is 0.151. The Bertz CT molecular complexity index is 1540. The molecule has 3 aromatic heterocycles. The molecule has 0 unspecified atom stereocenters. The second-order valence-electron chi connectivity index (χ2n) is 8.43. The number of aromatic nitrogens is 4. The van der Waals surface area contributed by atoms with E-state index in [1.165, 1.54) is 12.1 Å². The molecular formula is C27H22F4N4O3. The van der Waals surface area contributed by atoms with Gasteiger partial charge in [0.1, 0.15) is 17.2 Å². The zero-order valence-electron chi connectivity index (χ0n) is 20.2. The number of carboxylic acid groups (broad SMARTS) is 1. The van der Waals surface area contributed by atoms with Crippen molar-refractivity contribution in [2.45, 2.75) is 26.1 Å². The van der Waals surface area contributed by atoms with Crippen LogP contribution in [0.5, 0.6) is 5.75 Å². The lowest BCUT2D eigenvalue weighted by atomic mass is 10.1. The van der Waals surface area contributed by atoms with Crippen molar-refractivity contribution in [2.75, 3.05) is 0 Å². The standard InChI is InChI=1S/C25H21FN4O.C2HF3O2/c1-17(2)31-23-9-3-18(4-10-23)19-11-12-29-24(15-27-25(29)13-19)20-14-28-30(16-20)22-7-5-21(26)6-8-22;3-2(4,5)1(6)7/h3-17H,1-2H3;(H,6,7). The first-order valence-corrected chi connectivity index (χ1v) is 11.4. The molecule has 0 saturated carbocycles. The molecule has 0 spiro atoms. The number of benzene rings is 2. The van der Waals surface area contributed by atoms with E-state index in [1.54, 1.807) is 23.0 Å². The van der Waals surface area contributed by atoms with Gasteiger partial charge in [-0.1, -0.05) is 12.1 Å². The van der Waals surface area contributed by atoms with Crippen LogP contribution < -0.4 is 4.74 Å². The molecule has 0 amide bonds. The highest BCUT2D eigenvalue weighted by Gasteiger charge is 2.38. The second-order valence-corrected chi connectivity index (χ2v) is 8.43. The molecule has 3 heterocycles. The van der Waals surface area contributed by atoms with Gasteiger partial charge in [-0.05, 0) is 73.5 Å². The van der Waals surface area contributed by atoms with Crippen molar-refractivity contribution >= 4 is 11.6 Å². The number of nitrogens with zero attached hydrogens (tertiary/aromatic N) is 4. The van der Waals surface area contributed by atoms with Crippen LogP contribution in [0.2, 0.25) is 0 Å². The van der Waals surface area contributed by atoms with Crippen LogP contribution in [-0.4, -0.2) is 42.5 Å². The Morgan fingerprint density at radius 3 is 2.21 bits per heavy atom.